The minimum atomic E-state index is -0.232. The van der Waals surface area contributed by atoms with Gasteiger partial charge in [-0.05, 0) is 20.8 Å². The second-order valence-electron chi connectivity index (χ2n) is 4.42. The number of carbonyl (C=O) groups is 2. The fourth-order valence-corrected chi connectivity index (χ4v) is 1.32. The zero-order valence-electron chi connectivity index (χ0n) is 10.3. The molecule has 0 aliphatic heterocycles. The first-order chi connectivity index (χ1) is 6.79. The topological polar surface area (TPSA) is 46.6 Å². The van der Waals surface area contributed by atoms with E-state index in [4.69, 9.17) is 4.74 Å². The number of hydrogen-bond donors (Lipinski definition) is 0. The van der Waals surface area contributed by atoms with Crippen LogP contribution in [0.15, 0.2) is 0 Å². The van der Waals surface area contributed by atoms with Crippen molar-refractivity contribution in [2.45, 2.75) is 46.6 Å². The molecule has 0 radical (unpaired) electrons. The van der Waals surface area contributed by atoms with Crippen LogP contribution < -0.4 is 0 Å². The SMILES string of the molecule is CCC(=O)OCCN(C(C)=O)C(C)(C)C. The van der Waals surface area contributed by atoms with Crippen molar-refractivity contribution in [2.24, 2.45) is 0 Å². The lowest BCUT2D eigenvalue weighted by atomic mass is 10.1. The third-order valence-electron chi connectivity index (χ3n) is 2.06. The van der Waals surface area contributed by atoms with Crippen molar-refractivity contribution >= 4 is 11.9 Å². The van der Waals surface area contributed by atoms with Gasteiger partial charge in [-0.2, -0.15) is 0 Å². The molecule has 4 heteroatoms. The number of ether oxygens (including phenoxy) is 1. The first kappa shape index (κ1) is 13.9. The Balaban J connectivity index is 4.10. The van der Waals surface area contributed by atoms with Gasteiger partial charge in [-0.1, -0.05) is 6.92 Å². The molecule has 0 aliphatic carbocycles. The Morgan fingerprint density at radius 2 is 1.80 bits per heavy atom. The molecule has 0 rings (SSSR count). The largest absolute Gasteiger partial charge is 0.464 e. The minimum Gasteiger partial charge on any atom is -0.464 e. The van der Waals surface area contributed by atoms with E-state index in [1.165, 1.54) is 6.92 Å². The van der Waals surface area contributed by atoms with Crippen molar-refractivity contribution in [3.63, 3.8) is 0 Å². The van der Waals surface area contributed by atoms with E-state index in [9.17, 15) is 9.59 Å². The summed E-state index contributed by atoms with van der Waals surface area (Å²) in [5.41, 5.74) is -0.232. The van der Waals surface area contributed by atoms with Gasteiger partial charge in [0.1, 0.15) is 6.61 Å². The number of hydrogen-bond acceptors (Lipinski definition) is 3. The van der Waals surface area contributed by atoms with Gasteiger partial charge in [-0.25, -0.2) is 0 Å². The number of rotatable bonds is 4. The van der Waals surface area contributed by atoms with E-state index in [1.54, 1.807) is 11.8 Å². The van der Waals surface area contributed by atoms with Crippen LogP contribution in [-0.4, -0.2) is 35.5 Å². The number of esters is 1. The van der Waals surface area contributed by atoms with Crippen LogP contribution >= 0.6 is 0 Å². The second kappa shape index (κ2) is 5.73. The lowest BCUT2D eigenvalue weighted by molar-refractivity contribution is -0.146. The first-order valence-corrected chi connectivity index (χ1v) is 5.23. The molecule has 0 aliphatic rings. The Morgan fingerprint density at radius 1 is 1.27 bits per heavy atom. The molecular formula is C11H21NO3. The lowest BCUT2D eigenvalue weighted by Crippen LogP contribution is -2.46. The van der Waals surface area contributed by atoms with Gasteiger partial charge in [0.2, 0.25) is 5.91 Å². The van der Waals surface area contributed by atoms with Crippen LogP contribution in [0.2, 0.25) is 0 Å². The van der Waals surface area contributed by atoms with Gasteiger partial charge in [0.25, 0.3) is 0 Å². The van der Waals surface area contributed by atoms with Crippen LogP contribution in [0.25, 0.3) is 0 Å². The summed E-state index contributed by atoms with van der Waals surface area (Å²) in [5.74, 6) is -0.234. The number of amides is 1. The highest BCUT2D eigenvalue weighted by Gasteiger charge is 2.23. The second-order valence-corrected chi connectivity index (χ2v) is 4.42. The van der Waals surface area contributed by atoms with E-state index in [0.29, 0.717) is 13.0 Å². The molecular weight excluding hydrogens is 194 g/mol. The molecule has 0 heterocycles. The Labute approximate surface area is 91.6 Å². The molecule has 0 fully saturated rings. The van der Waals surface area contributed by atoms with Gasteiger partial charge in [-0.15, -0.1) is 0 Å². The van der Waals surface area contributed by atoms with Gasteiger partial charge in [0.05, 0.1) is 6.54 Å². The first-order valence-electron chi connectivity index (χ1n) is 5.23. The van der Waals surface area contributed by atoms with Gasteiger partial charge in [0.15, 0.2) is 0 Å². The van der Waals surface area contributed by atoms with E-state index in [2.05, 4.69) is 0 Å². The average Bonchev–Trinajstić information content (AvgIpc) is 2.09. The van der Waals surface area contributed by atoms with Crippen molar-refractivity contribution in [1.29, 1.82) is 0 Å². The molecule has 0 aromatic rings. The Bertz CT molecular complexity index is 230. The summed E-state index contributed by atoms with van der Waals surface area (Å²) in [4.78, 5) is 23.9. The number of carbonyl (C=O) groups excluding carboxylic acids is 2. The Hall–Kier alpha value is -1.06. The van der Waals surface area contributed by atoms with Crippen molar-refractivity contribution in [3.05, 3.63) is 0 Å². The molecule has 88 valence electrons. The fourth-order valence-electron chi connectivity index (χ4n) is 1.32. The van der Waals surface area contributed by atoms with Gasteiger partial charge in [0, 0.05) is 18.9 Å². The summed E-state index contributed by atoms with van der Waals surface area (Å²) in [6.45, 7) is 9.85. The van der Waals surface area contributed by atoms with E-state index in [0.717, 1.165) is 0 Å². The Morgan fingerprint density at radius 3 is 2.13 bits per heavy atom. The summed E-state index contributed by atoms with van der Waals surface area (Å²) in [5, 5.41) is 0. The molecule has 15 heavy (non-hydrogen) atoms. The lowest BCUT2D eigenvalue weighted by Gasteiger charge is -2.34. The van der Waals surface area contributed by atoms with Gasteiger partial charge < -0.3 is 9.64 Å². The quantitative estimate of drug-likeness (QED) is 0.669. The Kier molecular flexibility index (Phi) is 5.33. The fraction of sp³-hybridized carbons (Fsp3) is 0.818. The maximum absolute atomic E-state index is 11.3. The zero-order valence-corrected chi connectivity index (χ0v) is 10.3. The maximum Gasteiger partial charge on any atom is 0.305 e. The molecule has 0 aromatic carbocycles. The van der Waals surface area contributed by atoms with E-state index < -0.39 is 0 Å². The summed E-state index contributed by atoms with van der Waals surface area (Å²) >= 11 is 0. The van der Waals surface area contributed by atoms with Crippen molar-refractivity contribution in [1.82, 2.24) is 4.90 Å². The zero-order chi connectivity index (χ0) is 12.1. The highest BCUT2D eigenvalue weighted by molar-refractivity contribution is 5.74. The summed E-state index contributed by atoms with van der Waals surface area (Å²) < 4.78 is 4.93. The van der Waals surface area contributed by atoms with Crippen LogP contribution in [0.5, 0.6) is 0 Å². The third-order valence-corrected chi connectivity index (χ3v) is 2.06. The molecule has 0 bridgehead atoms. The molecule has 0 saturated heterocycles. The molecule has 0 atom stereocenters. The molecule has 0 saturated carbocycles. The van der Waals surface area contributed by atoms with Crippen LogP contribution in [0.3, 0.4) is 0 Å². The highest BCUT2D eigenvalue weighted by atomic mass is 16.5. The summed E-state index contributed by atoms with van der Waals surface area (Å²) in [6, 6.07) is 0. The van der Waals surface area contributed by atoms with E-state index >= 15 is 0 Å². The van der Waals surface area contributed by atoms with Crippen LogP contribution in [0.1, 0.15) is 41.0 Å². The molecule has 4 nitrogen and oxygen atoms in total. The number of nitrogens with zero attached hydrogens (tertiary/aromatic N) is 1. The molecule has 0 unspecified atom stereocenters. The molecule has 0 aromatic heterocycles. The maximum atomic E-state index is 11.3. The van der Waals surface area contributed by atoms with Gasteiger partial charge in [-0.3, -0.25) is 9.59 Å². The van der Waals surface area contributed by atoms with Crippen LogP contribution in [-0.2, 0) is 14.3 Å². The van der Waals surface area contributed by atoms with E-state index in [1.807, 2.05) is 20.8 Å². The summed E-state index contributed by atoms with van der Waals surface area (Å²) in [7, 11) is 0. The average molecular weight is 215 g/mol. The van der Waals surface area contributed by atoms with Crippen molar-refractivity contribution < 1.29 is 14.3 Å². The predicted octanol–water partition coefficient (Wildman–Crippen LogP) is 1.59. The molecule has 0 N–H and O–H groups in total. The van der Waals surface area contributed by atoms with Crippen molar-refractivity contribution in [2.75, 3.05) is 13.2 Å². The minimum absolute atomic E-state index is 0.00459. The van der Waals surface area contributed by atoms with Gasteiger partial charge >= 0.3 is 5.97 Å². The van der Waals surface area contributed by atoms with Crippen LogP contribution in [0.4, 0.5) is 0 Å². The molecule has 0 spiro atoms. The van der Waals surface area contributed by atoms with Crippen LogP contribution in [0, 0.1) is 0 Å². The normalized spacial score (nSPS) is 11.0. The van der Waals surface area contributed by atoms with E-state index in [-0.39, 0.29) is 24.0 Å². The smallest absolute Gasteiger partial charge is 0.305 e. The summed E-state index contributed by atoms with van der Waals surface area (Å²) in [6.07, 6.45) is 0.371. The monoisotopic (exact) mass is 215 g/mol. The van der Waals surface area contributed by atoms with Crippen molar-refractivity contribution in [3.8, 4) is 0 Å². The highest BCUT2D eigenvalue weighted by Crippen LogP contribution is 2.12. The third kappa shape index (κ3) is 5.40. The molecule has 1 amide bonds. The standard InChI is InChI=1S/C11H21NO3/c1-6-10(14)15-8-7-12(9(2)13)11(3,4)5/h6-8H2,1-5H3. The predicted molar refractivity (Wildman–Crippen MR) is 58.4 cm³/mol.